The van der Waals surface area contributed by atoms with Gasteiger partial charge in [0.15, 0.2) is 0 Å². The highest BCUT2D eigenvalue weighted by atomic mass is 15.1. The van der Waals surface area contributed by atoms with Gasteiger partial charge in [-0.3, -0.25) is 0 Å². The monoisotopic (exact) mass is 288 g/mol. The third-order valence-electron chi connectivity index (χ3n) is 7.71. The van der Waals surface area contributed by atoms with Crippen LogP contribution in [0, 0.1) is 35.0 Å². The van der Waals surface area contributed by atoms with Gasteiger partial charge in [-0.05, 0) is 86.5 Å². The molecule has 4 aliphatic rings. The van der Waals surface area contributed by atoms with Crippen molar-refractivity contribution in [1.29, 1.82) is 0 Å². The van der Waals surface area contributed by atoms with Crippen LogP contribution >= 0.6 is 0 Å². The van der Waals surface area contributed by atoms with Gasteiger partial charge in [-0.15, -0.1) is 0 Å². The molecule has 0 radical (unpaired) electrons. The number of fused-ring (bicyclic) bond motifs is 1. The maximum atomic E-state index is 6.21. The lowest BCUT2D eigenvalue weighted by atomic mass is 9.52. The van der Waals surface area contributed by atoms with Crippen molar-refractivity contribution in [3.8, 4) is 0 Å². The van der Waals surface area contributed by atoms with E-state index in [1.54, 1.807) is 0 Å². The molecule has 0 amide bonds. The Bertz CT molecular complexity index is 423. The molecule has 5 unspecified atom stereocenters. The summed E-state index contributed by atoms with van der Waals surface area (Å²) in [6.07, 6.45) is 9.86. The number of likely N-dealkylation sites (tertiary alicyclic amines) is 1. The minimum absolute atomic E-state index is 0.552. The van der Waals surface area contributed by atoms with Gasteiger partial charge in [-0.25, -0.2) is 0 Å². The minimum Gasteiger partial charge on any atom is -0.375 e. The quantitative estimate of drug-likeness (QED) is 0.859. The third kappa shape index (κ3) is 2.09. The molecular weight excluding hydrogens is 256 g/mol. The van der Waals surface area contributed by atoms with Crippen LogP contribution in [0.15, 0.2) is 12.3 Å². The molecule has 0 aromatic carbocycles. The molecule has 5 atom stereocenters. The fourth-order valence-electron chi connectivity index (χ4n) is 6.27. The molecule has 1 aliphatic heterocycles. The Balaban J connectivity index is 1.46. The van der Waals surface area contributed by atoms with Gasteiger partial charge < -0.3 is 10.6 Å². The average molecular weight is 288 g/mol. The number of nitrogens with zero attached hydrogens (tertiary/aromatic N) is 1. The molecule has 4 fully saturated rings. The van der Waals surface area contributed by atoms with Crippen LogP contribution < -0.4 is 5.73 Å². The Morgan fingerprint density at radius 2 is 1.86 bits per heavy atom. The molecule has 3 aliphatic carbocycles. The lowest BCUT2D eigenvalue weighted by Crippen LogP contribution is -2.51. The maximum absolute atomic E-state index is 6.21. The molecule has 1 saturated heterocycles. The summed E-state index contributed by atoms with van der Waals surface area (Å²) in [5.74, 6) is 4.49. The van der Waals surface area contributed by atoms with E-state index in [0.717, 1.165) is 36.1 Å². The van der Waals surface area contributed by atoms with E-state index in [1.165, 1.54) is 63.7 Å². The van der Waals surface area contributed by atoms with Crippen molar-refractivity contribution >= 4 is 0 Å². The third-order valence-corrected chi connectivity index (χ3v) is 7.71. The number of allylic oxidation sites excluding steroid dienone is 1. The minimum atomic E-state index is 0.552. The molecule has 2 bridgehead atoms. The highest BCUT2D eigenvalue weighted by Crippen LogP contribution is 2.67. The van der Waals surface area contributed by atoms with Crippen LogP contribution in [0.1, 0.15) is 51.9 Å². The fourth-order valence-corrected chi connectivity index (χ4v) is 6.27. The first-order chi connectivity index (χ1) is 10.1. The van der Waals surface area contributed by atoms with Gasteiger partial charge in [-0.1, -0.05) is 13.5 Å². The van der Waals surface area contributed by atoms with Crippen LogP contribution in [-0.4, -0.2) is 24.5 Å². The molecule has 0 aromatic heterocycles. The maximum Gasteiger partial charge on any atom is 0.0177 e. The SMILES string of the molecule is C=C(C1CC2CC3CC(C1)C3(CN)C2)N1CCC(C)CC1. The van der Waals surface area contributed by atoms with Gasteiger partial charge in [-0.2, -0.15) is 0 Å². The molecule has 2 heteroatoms. The largest absolute Gasteiger partial charge is 0.375 e. The Kier molecular flexibility index (Phi) is 3.37. The van der Waals surface area contributed by atoms with E-state index >= 15 is 0 Å². The number of rotatable bonds is 3. The lowest BCUT2D eigenvalue weighted by Gasteiger charge is -2.53. The molecule has 118 valence electrons. The zero-order valence-corrected chi connectivity index (χ0v) is 13.7. The van der Waals surface area contributed by atoms with Crippen molar-refractivity contribution in [2.45, 2.75) is 51.9 Å². The summed E-state index contributed by atoms with van der Waals surface area (Å²) in [6, 6.07) is 0. The van der Waals surface area contributed by atoms with Gasteiger partial charge in [0.25, 0.3) is 0 Å². The van der Waals surface area contributed by atoms with Gasteiger partial charge in [0.2, 0.25) is 0 Å². The van der Waals surface area contributed by atoms with Gasteiger partial charge in [0, 0.05) is 18.8 Å². The molecule has 21 heavy (non-hydrogen) atoms. The molecule has 0 spiro atoms. The molecule has 3 saturated carbocycles. The molecule has 2 nitrogen and oxygen atoms in total. The first-order valence-corrected chi connectivity index (χ1v) is 9.26. The van der Waals surface area contributed by atoms with Crippen molar-refractivity contribution in [3.05, 3.63) is 12.3 Å². The van der Waals surface area contributed by atoms with Crippen LogP contribution in [-0.2, 0) is 0 Å². The molecule has 0 aromatic rings. The Hall–Kier alpha value is -0.500. The van der Waals surface area contributed by atoms with Crippen molar-refractivity contribution in [3.63, 3.8) is 0 Å². The number of hydrogen-bond acceptors (Lipinski definition) is 2. The van der Waals surface area contributed by atoms with E-state index in [2.05, 4.69) is 18.4 Å². The summed E-state index contributed by atoms with van der Waals surface area (Å²) in [4.78, 5) is 2.62. The first-order valence-electron chi connectivity index (χ1n) is 9.26. The zero-order chi connectivity index (χ0) is 14.6. The van der Waals surface area contributed by atoms with E-state index in [0.29, 0.717) is 5.41 Å². The van der Waals surface area contributed by atoms with Gasteiger partial charge in [0.1, 0.15) is 0 Å². The standard InChI is InChI=1S/C19H32N2/c1-13-3-5-21(6-4-13)14(2)16-7-15-8-17-10-18(9-16)19(17,11-15)12-20/h13,15-18H,2-12,20H2,1H3. The smallest absolute Gasteiger partial charge is 0.0177 e. The summed E-state index contributed by atoms with van der Waals surface area (Å²) < 4.78 is 0. The molecule has 2 N–H and O–H groups in total. The summed E-state index contributed by atoms with van der Waals surface area (Å²) in [5, 5.41) is 0. The number of piperidine rings is 1. The predicted octanol–water partition coefficient (Wildman–Crippen LogP) is 3.63. The summed E-state index contributed by atoms with van der Waals surface area (Å²) in [6.45, 7) is 10.4. The van der Waals surface area contributed by atoms with Gasteiger partial charge >= 0.3 is 0 Å². The summed E-state index contributed by atoms with van der Waals surface area (Å²) in [7, 11) is 0. The second kappa shape index (κ2) is 5.01. The highest BCUT2D eigenvalue weighted by Gasteiger charge is 2.60. The zero-order valence-electron chi connectivity index (χ0n) is 13.7. The van der Waals surface area contributed by atoms with Crippen molar-refractivity contribution in [2.24, 2.45) is 40.7 Å². The lowest BCUT2D eigenvalue weighted by molar-refractivity contribution is -0.0301. The molecule has 1 heterocycles. The topological polar surface area (TPSA) is 29.3 Å². The highest BCUT2D eigenvalue weighted by molar-refractivity contribution is 5.15. The van der Waals surface area contributed by atoms with Crippen molar-refractivity contribution in [2.75, 3.05) is 19.6 Å². The van der Waals surface area contributed by atoms with Crippen LogP contribution in [0.25, 0.3) is 0 Å². The van der Waals surface area contributed by atoms with Crippen LogP contribution in [0.2, 0.25) is 0 Å². The fraction of sp³-hybridized carbons (Fsp3) is 0.895. The van der Waals surface area contributed by atoms with Crippen molar-refractivity contribution < 1.29 is 0 Å². The van der Waals surface area contributed by atoms with E-state index < -0.39 is 0 Å². The van der Waals surface area contributed by atoms with E-state index in [9.17, 15) is 0 Å². The summed E-state index contributed by atoms with van der Waals surface area (Å²) in [5.41, 5.74) is 8.24. The number of hydrogen-bond donors (Lipinski definition) is 1. The average Bonchev–Trinajstić information content (AvgIpc) is 2.66. The van der Waals surface area contributed by atoms with Crippen LogP contribution in [0.3, 0.4) is 0 Å². The summed E-state index contributed by atoms with van der Waals surface area (Å²) >= 11 is 0. The predicted molar refractivity (Wildman–Crippen MR) is 87.6 cm³/mol. The van der Waals surface area contributed by atoms with E-state index in [4.69, 9.17) is 5.73 Å². The normalized spacial score (nSPS) is 46.1. The van der Waals surface area contributed by atoms with E-state index in [-0.39, 0.29) is 0 Å². The first kappa shape index (κ1) is 14.1. The Labute approximate surface area is 130 Å². The van der Waals surface area contributed by atoms with Crippen LogP contribution in [0.4, 0.5) is 0 Å². The number of nitrogens with two attached hydrogens (primary N) is 1. The van der Waals surface area contributed by atoms with Crippen molar-refractivity contribution in [1.82, 2.24) is 4.90 Å². The van der Waals surface area contributed by atoms with Gasteiger partial charge in [0.05, 0.1) is 0 Å². The van der Waals surface area contributed by atoms with Crippen LogP contribution in [0.5, 0.6) is 0 Å². The Morgan fingerprint density at radius 1 is 1.14 bits per heavy atom. The second-order valence-electron chi connectivity index (χ2n) is 8.70. The molecule has 4 rings (SSSR count). The Morgan fingerprint density at radius 3 is 2.57 bits per heavy atom. The molecular formula is C19H32N2. The van der Waals surface area contributed by atoms with E-state index in [1.807, 2.05) is 0 Å². The second-order valence-corrected chi connectivity index (χ2v) is 8.70.